The second-order valence-electron chi connectivity index (χ2n) is 10.1. The van der Waals surface area contributed by atoms with Crippen LogP contribution in [0.15, 0.2) is 65.6 Å². The van der Waals surface area contributed by atoms with E-state index in [-0.39, 0.29) is 23.2 Å². The maximum atomic E-state index is 13.2. The van der Waals surface area contributed by atoms with Crippen molar-refractivity contribution in [3.63, 3.8) is 0 Å². The van der Waals surface area contributed by atoms with Crippen molar-refractivity contribution in [2.45, 2.75) is 18.2 Å². The molecule has 1 N–H and O–H groups in total. The zero-order chi connectivity index (χ0) is 27.9. The number of aromatic nitrogens is 1. The molecule has 0 spiro atoms. The first kappa shape index (κ1) is 29.6. The minimum atomic E-state index is -3.68. The summed E-state index contributed by atoms with van der Waals surface area (Å²) in [4.78, 5) is 22.4. The molecule has 0 unspecified atom stereocenters. The molecule has 1 amide bonds. The van der Waals surface area contributed by atoms with Crippen molar-refractivity contribution in [1.82, 2.24) is 15.2 Å². The van der Waals surface area contributed by atoms with Gasteiger partial charge in [-0.05, 0) is 66.9 Å². The molecule has 0 bridgehead atoms. The average molecular weight is 633 g/mol. The van der Waals surface area contributed by atoms with Crippen LogP contribution in [-0.2, 0) is 16.4 Å². The number of aryl methyl sites for hydroxylation is 1. The number of sulfonamides is 1. The van der Waals surface area contributed by atoms with Gasteiger partial charge in [0.1, 0.15) is 0 Å². The fourth-order valence-corrected chi connectivity index (χ4v) is 8.01. The zero-order valence-corrected chi connectivity index (χ0v) is 25.8. The molecular formula is C29H31Cl2N5O3S2. The lowest BCUT2D eigenvalue weighted by atomic mass is 10.2. The molecule has 8 nitrogen and oxygen atoms in total. The van der Waals surface area contributed by atoms with Crippen LogP contribution in [-0.4, -0.2) is 70.0 Å². The Bertz CT molecular complexity index is 1670. The smallest absolute Gasteiger partial charge is 0.264 e. The third-order valence-electron chi connectivity index (χ3n) is 7.64. The number of carbonyl (C=O) groups excluding carboxylic acids is 1. The molecule has 0 atom stereocenters. The number of nitrogens with one attached hydrogen (secondary N) is 1. The van der Waals surface area contributed by atoms with Crippen molar-refractivity contribution < 1.29 is 13.2 Å². The van der Waals surface area contributed by atoms with Crippen LogP contribution in [0.3, 0.4) is 0 Å². The van der Waals surface area contributed by atoms with Gasteiger partial charge in [-0.2, -0.15) is 0 Å². The second-order valence-corrected chi connectivity index (χ2v) is 13.4. The highest BCUT2D eigenvalue weighted by Gasteiger charge is 2.30. The third kappa shape index (κ3) is 5.89. The van der Waals surface area contributed by atoms with Gasteiger partial charge in [0.15, 0.2) is 5.13 Å². The molecule has 1 aromatic heterocycles. The van der Waals surface area contributed by atoms with Crippen molar-refractivity contribution in [1.29, 1.82) is 0 Å². The Morgan fingerprint density at radius 3 is 2.49 bits per heavy atom. The van der Waals surface area contributed by atoms with Gasteiger partial charge in [0.25, 0.3) is 15.9 Å². The van der Waals surface area contributed by atoms with E-state index in [4.69, 9.17) is 16.6 Å². The first-order chi connectivity index (χ1) is 19.3. The molecular weight excluding hydrogens is 601 g/mol. The summed E-state index contributed by atoms with van der Waals surface area (Å²) in [7, 11) is -3.68. The molecule has 0 aliphatic carbocycles. The first-order valence-electron chi connectivity index (χ1n) is 13.3. The second kappa shape index (κ2) is 12.1. The molecule has 0 saturated carbocycles. The average Bonchev–Trinajstić information content (AvgIpc) is 3.61. The predicted octanol–water partition coefficient (Wildman–Crippen LogP) is 4.98. The van der Waals surface area contributed by atoms with Gasteiger partial charge in [0.05, 0.1) is 20.8 Å². The lowest BCUT2D eigenvalue weighted by Crippen LogP contribution is -2.48. The number of piperazine rings is 1. The Balaban J connectivity index is 0.00000337. The molecule has 1 saturated heterocycles. The van der Waals surface area contributed by atoms with Gasteiger partial charge in [-0.25, -0.2) is 13.4 Å². The number of anilines is 2. The van der Waals surface area contributed by atoms with Gasteiger partial charge in [-0.3, -0.25) is 14.0 Å². The zero-order valence-electron chi connectivity index (χ0n) is 22.5. The summed E-state index contributed by atoms with van der Waals surface area (Å²) in [5.74, 6) is -0.211. The largest absolute Gasteiger partial charge is 0.351 e. The van der Waals surface area contributed by atoms with E-state index in [9.17, 15) is 13.2 Å². The number of benzene rings is 3. The fourth-order valence-electron chi connectivity index (χ4n) is 5.28. The number of para-hydroxylation sites is 1. The molecule has 3 aromatic carbocycles. The highest BCUT2D eigenvalue weighted by molar-refractivity contribution is 7.92. The van der Waals surface area contributed by atoms with Crippen LogP contribution >= 0.6 is 35.3 Å². The molecule has 1 fully saturated rings. The van der Waals surface area contributed by atoms with Crippen molar-refractivity contribution in [2.75, 3.05) is 55.0 Å². The Hall–Kier alpha value is -2.89. The summed E-state index contributed by atoms with van der Waals surface area (Å²) < 4.78 is 29.0. The Labute approximate surface area is 255 Å². The van der Waals surface area contributed by atoms with Crippen LogP contribution < -0.4 is 14.5 Å². The SMILES string of the molecule is Cc1c(Cl)ccc2sc(N3CCN(CCNC(=O)c4ccc(S(=O)(=O)N5CCc6ccccc65)cc4)CC3)nc12.Cl. The van der Waals surface area contributed by atoms with E-state index in [1.165, 1.54) is 16.4 Å². The molecule has 2 aliphatic heterocycles. The summed E-state index contributed by atoms with van der Waals surface area (Å²) in [6.07, 6.45) is 0.696. The van der Waals surface area contributed by atoms with E-state index < -0.39 is 10.0 Å². The van der Waals surface area contributed by atoms with Crippen LogP contribution in [0, 0.1) is 6.92 Å². The Morgan fingerprint density at radius 2 is 1.73 bits per heavy atom. The van der Waals surface area contributed by atoms with Crippen molar-refractivity contribution in [3.8, 4) is 0 Å². The molecule has 4 aromatic rings. The van der Waals surface area contributed by atoms with Crippen LogP contribution in [0.25, 0.3) is 10.2 Å². The highest BCUT2D eigenvalue weighted by Crippen LogP contribution is 2.34. The lowest BCUT2D eigenvalue weighted by Gasteiger charge is -2.34. The number of hydrogen-bond donors (Lipinski definition) is 1. The third-order valence-corrected chi connectivity index (χ3v) is 11.0. The molecule has 12 heteroatoms. The lowest BCUT2D eigenvalue weighted by molar-refractivity contribution is 0.0947. The number of halogens is 2. The summed E-state index contributed by atoms with van der Waals surface area (Å²) >= 11 is 7.96. The number of hydrogen-bond acceptors (Lipinski definition) is 7. The normalized spacial score (nSPS) is 15.6. The van der Waals surface area contributed by atoms with Crippen LogP contribution in [0.2, 0.25) is 5.02 Å². The van der Waals surface area contributed by atoms with Gasteiger partial charge in [-0.15, -0.1) is 12.4 Å². The van der Waals surface area contributed by atoms with Gasteiger partial charge < -0.3 is 10.2 Å². The molecule has 0 radical (unpaired) electrons. The van der Waals surface area contributed by atoms with E-state index in [1.54, 1.807) is 23.5 Å². The number of rotatable bonds is 7. The summed E-state index contributed by atoms with van der Waals surface area (Å²) in [5.41, 5.74) is 4.19. The number of nitrogens with zero attached hydrogens (tertiary/aromatic N) is 4. The molecule has 41 heavy (non-hydrogen) atoms. The van der Waals surface area contributed by atoms with Crippen LogP contribution in [0.4, 0.5) is 10.8 Å². The predicted molar refractivity (Wildman–Crippen MR) is 169 cm³/mol. The number of thiazole rings is 1. The van der Waals surface area contributed by atoms with Gasteiger partial charge in [0.2, 0.25) is 0 Å². The Morgan fingerprint density at radius 1 is 1.00 bits per heavy atom. The first-order valence-corrected chi connectivity index (χ1v) is 16.0. The maximum absolute atomic E-state index is 13.2. The van der Waals surface area contributed by atoms with Gasteiger partial charge >= 0.3 is 0 Å². The molecule has 3 heterocycles. The quantitative estimate of drug-likeness (QED) is 0.310. The number of fused-ring (bicyclic) bond motifs is 2. The topological polar surface area (TPSA) is 85.8 Å². The van der Waals surface area contributed by atoms with Crippen molar-refractivity contribution in [3.05, 3.63) is 82.4 Å². The fraction of sp³-hybridized carbons (Fsp3) is 0.310. The molecule has 2 aliphatic rings. The van der Waals surface area contributed by atoms with Crippen molar-refractivity contribution >= 4 is 72.3 Å². The van der Waals surface area contributed by atoms with Crippen molar-refractivity contribution in [2.24, 2.45) is 0 Å². The van der Waals surface area contributed by atoms with Gasteiger partial charge in [-0.1, -0.05) is 41.1 Å². The van der Waals surface area contributed by atoms with E-state index in [0.717, 1.165) is 69.9 Å². The number of carbonyl (C=O) groups is 1. The minimum absolute atomic E-state index is 0. The van der Waals surface area contributed by atoms with E-state index in [1.807, 2.05) is 43.3 Å². The molecule has 6 rings (SSSR count). The van der Waals surface area contributed by atoms with Crippen LogP contribution in [0.5, 0.6) is 0 Å². The minimum Gasteiger partial charge on any atom is -0.351 e. The van der Waals surface area contributed by atoms with E-state index in [2.05, 4.69) is 15.1 Å². The molecule has 216 valence electrons. The van der Waals surface area contributed by atoms with E-state index >= 15 is 0 Å². The summed E-state index contributed by atoms with van der Waals surface area (Å²) in [6, 6.07) is 17.7. The monoisotopic (exact) mass is 631 g/mol. The number of amides is 1. The summed E-state index contributed by atoms with van der Waals surface area (Å²) in [5, 5.41) is 4.73. The van der Waals surface area contributed by atoms with Crippen LogP contribution in [0.1, 0.15) is 21.5 Å². The maximum Gasteiger partial charge on any atom is 0.264 e. The van der Waals surface area contributed by atoms with Gasteiger partial charge in [0, 0.05) is 56.4 Å². The Kier molecular flexibility index (Phi) is 8.77. The van der Waals surface area contributed by atoms with E-state index in [0.29, 0.717) is 25.1 Å². The standard InChI is InChI=1S/C29H30ClN5O3S2.ClH/c1-20-24(30)10-11-26-27(20)32-29(39-26)34-18-16-33(17-19-34)15-13-31-28(36)22-6-8-23(9-7-22)40(37,38)35-14-12-21-4-2-3-5-25(21)35;/h2-11H,12-19H2,1H3,(H,31,36);1H. The summed E-state index contributed by atoms with van der Waals surface area (Å²) in [6.45, 7) is 7.21. The highest BCUT2D eigenvalue weighted by atomic mass is 35.5.